The van der Waals surface area contributed by atoms with Crippen molar-refractivity contribution in [3.8, 4) is 17.5 Å². The quantitative estimate of drug-likeness (QED) is 0.408. The summed E-state index contributed by atoms with van der Waals surface area (Å²) in [7, 11) is 0. The van der Waals surface area contributed by atoms with Crippen LogP contribution in [-0.4, -0.2) is 25.4 Å². The van der Waals surface area contributed by atoms with Crippen molar-refractivity contribution in [1.82, 2.24) is 14.5 Å². The molecule has 24 heavy (non-hydrogen) atoms. The summed E-state index contributed by atoms with van der Waals surface area (Å²) in [5.74, 6) is 0.925. The Balaban J connectivity index is 1.99. The maximum Gasteiger partial charge on any atom is 0.283 e. The van der Waals surface area contributed by atoms with Crippen molar-refractivity contribution >= 4 is 22.8 Å². The largest absolute Gasteiger partial charge is 0.508 e. The molecule has 122 valence electrons. The number of nitrogens with zero attached hydrogens (tertiary/aromatic N) is 3. The number of aromatic hydroxyl groups is 1. The van der Waals surface area contributed by atoms with Crippen LogP contribution < -0.4 is 5.56 Å². The van der Waals surface area contributed by atoms with E-state index in [1.54, 1.807) is 41.1 Å². The molecule has 3 aromatic rings. The highest BCUT2D eigenvalue weighted by molar-refractivity contribution is 7.99. The van der Waals surface area contributed by atoms with Crippen LogP contribution in [0.1, 0.15) is 19.3 Å². The Kier molecular flexibility index (Phi) is 4.87. The van der Waals surface area contributed by atoms with E-state index in [9.17, 15) is 9.90 Å². The molecule has 0 unspecified atom stereocenters. The molecule has 0 amide bonds. The van der Waals surface area contributed by atoms with E-state index in [1.165, 1.54) is 11.8 Å². The number of fused-ring (bicyclic) bond motifs is 1. The first-order valence-corrected chi connectivity index (χ1v) is 8.58. The van der Waals surface area contributed by atoms with Gasteiger partial charge in [0.15, 0.2) is 5.16 Å². The summed E-state index contributed by atoms with van der Waals surface area (Å²) in [5.41, 5.74) is 1.57. The monoisotopic (exact) mass is 340 g/mol. The maximum absolute atomic E-state index is 12.8. The molecule has 0 bridgehead atoms. The van der Waals surface area contributed by atoms with Crippen LogP contribution in [0.25, 0.3) is 16.7 Å². The molecule has 1 aromatic carbocycles. The van der Waals surface area contributed by atoms with Gasteiger partial charge in [0.05, 0.1) is 17.3 Å². The number of phenolic OH excluding ortho intramolecular Hbond substituents is 1. The molecular formula is C17H16N4O2S. The number of aromatic amines is 1. The topological polar surface area (TPSA) is 94.7 Å². The number of H-pyrrole nitrogens is 1. The van der Waals surface area contributed by atoms with Crippen LogP contribution >= 0.6 is 11.8 Å². The van der Waals surface area contributed by atoms with Crippen LogP contribution in [0, 0.1) is 11.3 Å². The van der Waals surface area contributed by atoms with Gasteiger partial charge in [0.2, 0.25) is 0 Å². The standard InChI is InChI=1S/C17H16N4O2S/c18-9-2-1-3-11-24-17-20-14-8-10-19-15(14)16(23)21(17)12-4-6-13(22)7-5-12/h4-8,10,19,22H,1-3,11H2. The lowest BCUT2D eigenvalue weighted by molar-refractivity contribution is 0.475. The Bertz CT molecular complexity index is 938. The van der Waals surface area contributed by atoms with E-state index in [1.807, 2.05) is 0 Å². The summed E-state index contributed by atoms with van der Waals surface area (Å²) in [6.07, 6.45) is 3.95. The Labute approximate surface area is 142 Å². The normalized spacial score (nSPS) is 10.8. The molecule has 0 saturated heterocycles. The minimum absolute atomic E-state index is 0.145. The van der Waals surface area contributed by atoms with E-state index in [-0.39, 0.29) is 11.3 Å². The number of hydrogen-bond acceptors (Lipinski definition) is 5. The highest BCUT2D eigenvalue weighted by atomic mass is 32.2. The summed E-state index contributed by atoms with van der Waals surface area (Å²) in [5, 5.41) is 18.7. The molecule has 0 spiro atoms. The summed E-state index contributed by atoms with van der Waals surface area (Å²) < 4.78 is 1.55. The minimum atomic E-state index is -0.171. The zero-order valence-electron chi connectivity index (χ0n) is 12.9. The second kappa shape index (κ2) is 7.23. The van der Waals surface area contributed by atoms with Gasteiger partial charge in [-0.2, -0.15) is 5.26 Å². The molecule has 0 radical (unpaired) electrons. The lowest BCUT2D eigenvalue weighted by Crippen LogP contribution is -2.21. The molecule has 6 nitrogen and oxygen atoms in total. The van der Waals surface area contributed by atoms with Gasteiger partial charge >= 0.3 is 0 Å². The average Bonchev–Trinajstić information content (AvgIpc) is 3.05. The predicted octanol–water partition coefficient (Wildman–Crippen LogP) is 3.21. The van der Waals surface area contributed by atoms with E-state index < -0.39 is 0 Å². The molecular weight excluding hydrogens is 324 g/mol. The van der Waals surface area contributed by atoms with Crippen LogP contribution in [-0.2, 0) is 0 Å². The van der Waals surface area contributed by atoms with Crippen molar-refractivity contribution in [1.29, 1.82) is 5.26 Å². The predicted molar refractivity (Wildman–Crippen MR) is 93.5 cm³/mol. The number of phenols is 1. The molecule has 0 fully saturated rings. The third-order valence-corrected chi connectivity index (χ3v) is 4.60. The van der Waals surface area contributed by atoms with Gasteiger partial charge in [0.1, 0.15) is 11.3 Å². The lowest BCUT2D eigenvalue weighted by Gasteiger charge is -2.12. The Hall–Kier alpha value is -2.72. The minimum Gasteiger partial charge on any atom is -0.508 e. The number of hydrogen-bond donors (Lipinski definition) is 2. The van der Waals surface area contributed by atoms with E-state index >= 15 is 0 Å². The molecule has 0 aliphatic rings. The number of nitriles is 1. The second-order valence-corrected chi connectivity index (χ2v) is 6.32. The summed E-state index contributed by atoms with van der Waals surface area (Å²) in [6, 6.07) is 10.4. The van der Waals surface area contributed by atoms with Gasteiger partial charge in [-0.3, -0.25) is 9.36 Å². The number of benzene rings is 1. The molecule has 7 heteroatoms. The lowest BCUT2D eigenvalue weighted by atomic mass is 10.3. The zero-order chi connectivity index (χ0) is 16.9. The van der Waals surface area contributed by atoms with Crippen LogP contribution in [0.4, 0.5) is 0 Å². The molecule has 2 aromatic heterocycles. The maximum atomic E-state index is 12.8. The SMILES string of the molecule is N#CCCCCSc1nc2cc[nH]c2c(=O)n1-c1ccc(O)cc1. The van der Waals surface area contributed by atoms with Gasteiger partial charge in [-0.25, -0.2) is 4.98 Å². The summed E-state index contributed by atoms with van der Waals surface area (Å²) in [6.45, 7) is 0. The van der Waals surface area contributed by atoms with E-state index in [4.69, 9.17) is 5.26 Å². The van der Waals surface area contributed by atoms with Gasteiger partial charge in [-0.15, -0.1) is 0 Å². The average molecular weight is 340 g/mol. The van der Waals surface area contributed by atoms with E-state index in [0.717, 1.165) is 18.6 Å². The fraction of sp³-hybridized carbons (Fsp3) is 0.235. The Morgan fingerprint density at radius 1 is 1.25 bits per heavy atom. The first-order valence-electron chi connectivity index (χ1n) is 7.60. The fourth-order valence-electron chi connectivity index (χ4n) is 2.37. The van der Waals surface area contributed by atoms with Gasteiger partial charge in [0.25, 0.3) is 5.56 Å². The van der Waals surface area contributed by atoms with Gasteiger partial charge < -0.3 is 10.1 Å². The van der Waals surface area contributed by atoms with Crippen LogP contribution in [0.2, 0.25) is 0 Å². The first kappa shape index (κ1) is 16.1. The van der Waals surface area contributed by atoms with Crippen molar-refractivity contribution in [3.05, 3.63) is 46.9 Å². The van der Waals surface area contributed by atoms with Crippen molar-refractivity contribution < 1.29 is 5.11 Å². The molecule has 0 saturated carbocycles. The van der Waals surface area contributed by atoms with Gasteiger partial charge in [-0.1, -0.05) is 11.8 Å². The molecule has 0 aliphatic carbocycles. The van der Waals surface area contributed by atoms with Crippen molar-refractivity contribution in [3.63, 3.8) is 0 Å². The third kappa shape index (κ3) is 3.29. The van der Waals surface area contributed by atoms with Gasteiger partial charge in [-0.05, 0) is 43.2 Å². The molecule has 2 heterocycles. The first-order chi connectivity index (χ1) is 11.7. The van der Waals surface area contributed by atoms with Gasteiger partial charge in [0, 0.05) is 18.4 Å². The second-order valence-electron chi connectivity index (χ2n) is 5.25. The van der Waals surface area contributed by atoms with Crippen LogP contribution in [0.3, 0.4) is 0 Å². The zero-order valence-corrected chi connectivity index (χ0v) is 13.7. The number of unbranched alkanes of at least 4 members (excludes halogenated alkanes) is 2. The molecule has 0 aliphatic heterocycles. The number of thioether (sulfide) groups is 1. The Morgan fingerprint density at radius 2 is 2.04 bits per heavy atom. The molecule has 2 N–H and O–H groups in total. The number of nitrogens with one attached hydrogen (secondary N) is 1. The third-order valence-electron chi connectivity index (χ3n) is 3.57. The number of aromatic nitrogens is 3. The van der Waals surface area contributed by atoms with E-state index in [0.29, 0.717) is 28.3 Å². The highest BCUT2D eigenvalue weighted by Crippen LogP contribution is 2.23. The number of rotatable bonds is 6. The van der Waals surface area contributed by atoms with Crippen LogP contribution in [0.5, 0.6) is 5.75 Å². The fourth-order valence-corrected chi connectivity index (χ4v) is 3.38. The highest BCUT2D eigenvalue weighted by Gasteiger charge is 2.14. The van der Waals surface area contributed by atoms with Crippen molar-refractivity contribution in [2.45, 2.75) is 24.4 Å². The van der Waals surface area contributed by atoms with Crippen molar-refractivity contribution in [2.75, 3.05) is 5.75 Å². The molecule has 3 rings (SSSR count). The Morgan fingerprint density at radius 3 is 2.79 bits per heavy atom. The van der Waals surface area contributed by atoms with Crippen molar-refractivity contribution in [2.24, 2.45) is 0 Å². The van der Waals surface area contributed by atoms with Crippen LogP contribution in [0.15, 0.2) is 46.5 Å². The summed E-state index contributed by atoms with van der Waals surface area (Å²) >= 11 is 1.49. The summed E-state index contributed by atoms with van der Waals surface area (Å²) in [4.78, 5) is 20.3. The van der Waals surface area contributed by atoms with E-state index in [2.05, 4.69) is 16.0 Å². The smallest absolute Gasteiger partial charge is 0.283 e. The molecule has 0 atom stereocenters.